The fourth-order valence-electron chi connectivity index (χ4n) is 2.84. The Kier molecular flexibility index (Phi) is 5.00. The summed E-state index contributed by atoms with van der Waals surface area (Å²) in [7, 11) is 0. The highest BCUT2D eigenvalue weighted by Crippen LogP contribution is 2.17. The van der Waals surface area contributed by atoms with E-state index in [-0.39, 0.29) is 5.91 Å². The third-order valence-electron chi connectivity index (χ3n) is 4.00. The number of anilines is 1. The summed E-state index contributed by atoms with van der Waals surface area (Å²) in [6, 6.07) is 0.444. The van der Waals surface area contributed by atoms with Gasteiger partial charge in [0.15, 0.2) is 5.69 Å². The SMILES string of the molecule is CCCc1[nH]nc(C(=O)NCC2CCCN2CC)c1N. The van der Waals surface area contributed by atoms with E-state index in [2.05, 4.69) is 34.3 Å². The van der Waals surface area contributed by atoms with Crippen LogP contribution in [0.2, 0.25) is 0 Å². The second-order valence-corrected chi connectivity index (χ2v) is 5.35. The number of rotatable bonds is 6. The number of nitrogens with two attached hydrogens (primary N) is 1. The number of aryl methyl sites for hydroxylation is 1. The summed E-state index contributed by atoms with van der Waals surface area (Å²) in [5.74, 6) is -0.177. The highest BCUT2D eigenvalue weighted by atomic mass is 16.2. The summed E-state index contributed by atoms with van der Waals surface area (Å²) in [5, 5.41) is 9.86. The van der Waals surface area contributed by atoms with Gasteiger partial charge in [-0.3, -0.25) is 14.8 Å². The number of aromatic amines is 1. The minimum atomic E-state index is -0.177. The number of likely N-dealkylation sites (N-methyl/N-ethyl adjacent to an activating group) is 1. The van der Waals surface area contributed by atoms with Crippen LogP contribution in [0, 0.1) is 0 Å². The lowest BCUT2D eigenvalue weighted by molar-refractivity contribution is 0.0937. The normalized spacial score (nSPS) is 19.4. The number of carbonyl (C=O) groups excluding carboxylic acids is 1. The molecule has 1 fully saturated rings. The van der Waals surface area contributed by atoms with E-state index < -0.39 is 0 Å². The first-order chi connectivity index (χ1) is 9.67. The van der Waals surface area contributed by atoms with Crippen LogP contribution in [0.25, 0.3) is 0 Å². The second kappa shape index (κ2) is 6.74. The molecule has 1 saturated heterocycles. The number of hydrogen-bond acceptors (Lipinski definition) is 4. The van der Waals surface area contributed by atoms with Crippen molar-refractivity contribution >= 4 is 11.6 Å². The summed E-state index contributed by atoms with van der Waals surface area (Å²) < 4.78 is 0. The van der Waals surface area contributed by atoms with E-state index in [4.69, 9.17) is 5.73 Å². The van der Waals surface area contributed by atoms with Crippen molar-refractivity contribution in [1.82, 2.24) is 20.4 Å². The molecule has 2 rings (SSSR count). The molecule has 2 heterocycles. The fourth-order valence-corrected chi connectivity index (χ4v) is 2.84. The quantitative estimate of drug-likeness (QED) is 0.729. The van der Waals surface area contributed by atoms with Gasteiger partial charge in [0.2, 0.25) is 0 Å². The van der Waals surface area contributed by atoms with Gasteiger partial charge < -0.3 is 11.1 Å². The number of nitrogens with zero attached hydrogens (tertiary/aromatic N) is 2. The van der Waals surface area contributed by atoms with E-state index in [0.29, 0.717) is 24.0 Å². The third-order valence-corrected chi connectivity index (χ3v) is 4.00. The minimum Gasteiger partial charge on any atom is -0.395 e. The number of hydrogen-bond donors (Lipinski definition) is 3. The number of carbonyl (C=O) groups is 1. The fraction of sp³-hybridized carbons (Fsp3) is 0.714. The molecule has 112 valence electrons. The van der Waals surface area contributed by atoms with Crippen LogP contribution in [0.3, 0.4) is 0 Å². The van der Waals surface area contributed by atoms with E-state index in [1.807, 2.05) is 0 Å². The summed E-state index contributed by atoms with van der Waals surface area (Å²) in [6.45, 7) is 7.05. The van der Waals surface area contributed by atoms with Crippen LogP contribution in [0.1, 0.15) is 49.3 Å². The van der Waals surface area contributed by atoms with Crippen LogP contribution in [0.4, 0.5) is 5.69 Å². The van der Waals surface area contributed by atoms with Gasteiger partial charge in [0.25, 0.3) is 5.91 Å². The molecule has 0 bridgehead atoms. The molecule has 0 spiro atoms. The third kappa shape index (κ3) is 3.12. The van der Waals surface area contributed by atoms with Gasteiger partial charge in [-0.15, -0.1) is 0 Å². The zero-order valence-electron chi connectivity index (χ0n) is 12.4. The summed E-state index contributed by atoms with van der Waals surface area (Å²) in [4.78, 5) is 14.5. The molecule has 1 aliphatic rings. The van der Waals surface area contributed by atoms with Crippen LogP contribution in [-0.2, 0) is 6.42 Å². The highest BCUT2D eigenvalue weighted by molar-refractivity contribution is 5.97. The van der Waals surface area contributed by atoms with Crippen molar-refractivity contribution in [3.8, 4) is 0 Å². The van der Waals surface area contributed by atoms with Crippen molar-refractivity contribution < 1.29 is 4.79 Å². The number of aromatic nitrogens is 2. The van der Waals surface area contributed by atoms with Crippen molar-refractivity contribution in [3.63, 3.8) is 0 Å². The molecule has 0 aromatic carbocycles. The summed E-state index contributed by atoms with van der Waals surface area (Å²) in [6.07, 6.45) is 4.14. The Hall–Kier alpha value is -1.56. The molecule has 0 aliphatic carbocycles. The monoisotopic (exact) mass is 279 g/mol. The average molecular weight is 279 g/mol. The largest absolute Gasteiger partial charge is 0.395 e. The van der Waals surface area contributed by atoms with Crippen LogP contribution in [0.5, 0.6) is 0 Å². The van der Waals surface area contributed by atoms with Crippen LogP contribution in [0.15, 0.2) is 0 Å². The van der Waals surface area contributed by atoms with Crippen molar-refractivity contribution in [2.75, 3.05) is 25.4 Å². The standard InChI is InChI=1S/C14H25N5O/c1-3-6-11-12(15)13(18-17-11)14(20)16-9-10-7-5-8-19(10)4-2/h10H,3-9,15H2,1-2H3,(H,16,20)(H,17,18). The highest BCUT2D eigenvalue weighted by Gasteiger charge is 2.24. The van der Waals surface area contributed by atoms with Crippen LogP contribution >= 0.6 is 0 Å². The first-order valence-electron chi connectivity index (χ1n) is 7.52. The Morgan fingerprint density at radius 2 is 2.35 bits per heavy atom. The topological polar surface area (TPSA) is 87.0 Å². The lowest BCUT2D eigenvalue weighted by Crippen LogP contribution is -2.40. The van der Waals surface area contributed by atoms with Crippen molar-refractivity contribution in [3.05, 3.63) is 11.4 Å². The number of likely N-dealkylation sites (tertiary alicyclic amines) is 1. The molecule has 1 atom stereocenters. The molecule has 0 saturated carbocycles. The Morgan fingerprint density at radius 3 is 3.05 bits per heavy atom. The lowest BCUT2D eigenvalue weighted by Gasteiger charge is -2.22. The Bertz CT molecular complexity index is 456. The van der Waals surface area contributed by atoms with Gasteiger partial charge >= 0.3 is 0 Å². The van der Waals surface area contributed by atoms with Crippen molar-refractivity contribution in [2.45, 2.75) is 45.6 Å². The molecule has 20 heavy (non-hydrogen) atoms. The van der Waals surface area contributed by atoms with Gasteiger partial charge in [0, 0.05) is 12.6 Å². The average Bonchev–Trinajstić information content (AvgIpc) is 3.04. The molecule has 4 N–H and O–H groups in total. The van der Waals surface area contributed by atoms with Gasteiger partial charge in [0.05, 0.1) is 11.4 Å². The van der Waals surface area contributed by atoms with Crippen LogP contribution in [-0.4, -0.2) is 46.7 Å². The zero-order valence-corrected chi connectivity index (χ0v) is 12.4. The maximum atomic E-state index is 12.1. The summed E-state index contributed by atoms with van der Waals surface area (Å²) in [5.41, 5.74) is 7.64. The van der Waals surface area contributed by atoms with E-state index in [0.717, 1.165) is 38.0 Å². The van der Waals surface area contributed by atoms with E-state index in [9.17, 15) is 4.79 Å². The molecule has 0 radical (unpaired) electrons. The maximum absolute atomic E-state index is 12.1. The lowest BCUT2D eigenvalue weighted by atomic mass is 10.2. The zero-order chi connectivity index (χ0) is 14.5. The van der Waals surface area contributed by atoms with Crippen LogP contribution < -0.4 is 11.1 Å². The van der Waals surface area contributed by atoms with Gasteiger partial charge in [-0.05, 0) is 32.4 Å². The molecule has 1 aromatic rings. The smallest absolute Gasteiger partial charge is 0.273 e. The first kappa shape index (κ1) is 14.8. The van der Waals surface area contributed by atoms with Gasteiger partial charge in [-0.25, -0.2) is 0 Å². The van der Waals surface area contributed by atoms with Gasteiger partial charge in [0.1, 0.15) is 0 Å². The molecule has 1 aliphatic heterocycles. The Balaban J connectivity index is 1.91. The predicted molar refractivity (Wildman–Crippen MR) is 79.6 cm³/mol. The molecule has 6 nitrogen and oxygen atoms in total. The van der Waals surface area contributed by atoms with E-state index in [1.165, 1.54) is 6.42 Å². The Morgan fingerprint density at radius 1 is 1.55 bits per heavy atom. The molecule has 1 unspecified atom stereocenters. The molecule has 6 heteroatoms. The molecular weight excluding hydrogens is 254 g/mol. The number of H-pyrrole nitrogens is 1. The molecule has 1 amide bonds. The molecule has 1 aromatic heterocycles. The number of nitrogen functional groups attached to an aromatic ring is 1. The molecular formula is C14H25N5O. The number of amides is 1. The summed E-state index contributed by atoms with van der Waals surface area (Å²) >= 11 is 0. The van der Waals surface area contributed by atoms with Gasteiger partial charge in [-0.1, -0.05) is 20.3 Å². The number of nitrogens with one attached hydrogen (secondary N) is 2. The predicted octanol–water partition coefficient (Wildman–Crippen LogP) is 1.16. The van der Waals surface area contributed by atoms with E-state index >= 15 is 0 Å². The first-order valence-corrected chi connectivity index (χ1v) is 7.52. The second-order valence-electron chi connectivity index (χ2n) is 5.35. The van der Waals surface area contributed by atoms with Crippen molar-refractivity contribution in [1.29, 1.82) is 0 Å². The minimum absolute atomic E-state index is 0.177. The maximum Gasteiger partial charge on any atom is 0.273 e. The van der Waals surface area contributed by atoms with E-state index in [1.54, 1.807) is 0 Å². The van der Waals surface area contributed by atoms with Gasteiger partial charge in [-0.2, -0.15) is 5.10 Å². The Labute approximate surface area is 120 Å². The van der Waals surface area contributed by atoms with Crippen molar-refractivity contribution in [2.24, 2.45) is 0 Å².